The second-order valence-corrected chi connectivity index (χ2v) is 4.87. The van der Waals surface area contributed by atoms with Crippen molar-refractivity contribution in [2.45, 2.75) is 39.2 Å². The predicted octanol–water partition coefficient (Wildman–Crippen LogP) is 1.11. The minimum Gasteiger partial charge on any atom is -0.478 e. The lowest BCUT2D eigenvalue weighted by Crippen LogP contribution is -2.27. The Morgan fingerprint density at radius 1 is 1.35 bits per heavy atom. The summed E-state index contributed by atoms with van der Waals surface area (Å²) in [6.45, 7) is 5.37. The summed E-state index contributed by atoms with van der Waals surface area (Å²) < 4.78 is 10.9. The lowest BCUT2D eigenvalue weighted by molar-refractivity contribution is -0.133. The highest BCUT2D eigenvalue weighted by atomic mass is 16.5. The van der Waals surface area contributed by atoms with Crippen LogP contribution in [0.4, 0.5) is 0 Å². The fraction of sp³-hybridized carbons (Fsp3) is 0.714. The number of rotatable bonds is 8. The van der Waals surface area contributed by atoms with Gasteiger partial charge in [0.25, 0.3) is 0 Å². The van der Waals surface area contributed by atoms with E-state index in [-0.39, 0.29) is 23.2 Å². The number of hydrogen-bond donors (Lipinski definition) is 2. The third-order valence-corrected chi connectivity index (χ3v) is 3.30. The number of carbonyl (C=O) groups excluding carboxylic acids is 1. The van der Waals surface area contributed by atoms with Crippen LogP contribution >= 0.6 is 0 Å². The van der Waals surface area contributed by atoms with E-state index in [1.807, 2.05) is 0 Å². The fourth-order valence-corrected chi connectivity index (χ4v) is 1.83. The Balaban J connectivity index is 2.09. The average molecular weight is 285 g/mol. The van der Waals surface area contributed by atoms with Crippen molar-refractivity contribution in [2.24, 2.45) is 0 Å². The molecular weight excluding hydrogens is 262 g/mol. The van der Waals surface area contributed by atoms with Crippen molar-refractivity contribution in [3.63, 3.8) is 0 Å². The number of ether oxygens (including phenoxy) is 2. The molecule has 0 bridgehead atoms. The van der Waals surface area contributed by atoms with Gasteiger partial charge in [0, 0.05) is 30.9 Å². The first-order chi connectivity index (χ1) is 9.52. The monoisotopic (exact) mass is 285 g/mol. The smallest absolute Gasteiger partial charge is 0.331 e. The molecule has 1 atom stereocenters. The summed E-state index contributed by atoms with van der Waals surface area (Å²) in [5.41, 5.74) is 0.301. The Kier molecular flexibility index (Phi) is 7.25. The van der Waals surface area contributed by atoms with Crippen LogP contribution in [0, 0.1) is 0 Å². The first kappa shape index (κ1) is 16.7. The summed E-state index contributed by atoms with van der Waals surface area (Å²) in [6.07, 6.45) is 3.05. The number of carboxylic acids is 1. The maximum atomic E-state index is 11.6. The summed E-state index contributed by atoms with van der Waals surface area (Å²) in [5, 5.41) is 11.5. The van der Waals surface area contributed by atoms with Crippen LogP contribution < -0.4 is 5.32 Å². The van der Waals surface area contributed by atoms with Crippen LogP contribution in [0.2, 0.25) is 0 Å². The van der Waals surface area contributed by atoms with Crippen LogP contribution in [0.25, 0.3) is 0 Å². The lowest BCUT2D eigenvalue weighted by Gasteiger charge is -2.10. The molecule has 0 aromatic rings. The molecule has 1 heterocycles. The molecule has 0 saturated carbocycles. The van der Waals surface area contributed by atoms with E-state index in [9.17, 15) is 9.59 Å². The van der Waals surface area contributed by atoms with Gasteiger partial charge < -0.3 is 19.9 Å². The van der Waals surface area contributed by atoms with Crippen LogP contribution in [0.5, 0.6) is 0 Å². The van der Waals surface area contributed by atoms with Gasteiger partial charge in [-0.1, -0.05) is 0 Å². The second kappa shape index (κ2) is 8.71. The average Bonchev–Trinajstić information content (AvgIpc) is 2.93. The van der Waals surface area contributed by atoms with Gasteiger partial charge in [-0.2, -0.15) is 0 Å². The zero-order chi connectivity index (χ0) is 15.0. The van der Waals surface area contributed by atoms with Crippen LogP contribution in [0.3, 0.4) is 0 Å². The van der Waals surface area contributed by atoms with Gasteiger partial charge in [-0.3, -0.25) is 4.79 Å². The van der Waals surface area contributed by atoms with Gasteiger partial charge in [-0.15, -0.1) is 0 Å². The summed E-state index contributed by atoms with van der Waals surface area (Å²) >= 11 is 0. The molecule has 0 radical (unpaired) electrons. The summed E-state index contributed by atoms with van der Waals surface area (Å²) in [5.74, 6) is -1.42. The minimum absolute atomic E-state index is 0.0668. The standard InChI is InChI=1S/C14H23NO5/c1-10(11(2)14(17)18)13(16)15-6-4-7-19-9-12-5-3-8-20-12/h12H,3-9H2,1-2H3,(H,15,16)(H,17,18). The molecule has 114 valence electrons. The highest BCUT2D eigenvalue weighted by Gasteiger charge is 2.15. The van der Waals surface area contributed by atoms with Crippen LogP contribution in [0.15, 0.2) is 11.1 Å². The zero-order valence-electron chi connectivity index (χ0n) is 12.1. The minimum atomic E-state index is -1.07. The highest BCUT2D eigenvalue weighted by Crippen LogP contribution is 2.11. The Bertz CT molecular complexity index is 372. The van der Waals surface area contributed by atoms with Crippen LogP contribution in [-0.2, 0) is 19.1 Å². The van der Waals surface area contributed by atoms with Crippen LogP contribution in [-0.4, -0.2) is 49.5 Å². The topological polar surface area (TPSA) is 84.9 Å². The van der Waals surface area contributed by atoms with E-state index in [0.29, 0.717) is 26.2 Å². The van der Waals surface area contributed by atoms with E-state index in [0.717, 1.165) is 19.4 Å². The lowest BCUT2D eigenvalue weighted by atomic mass is 10.1. The molecule has 6 nitrogen and oxygen atoms in total. The third-order valence-electron chi connectivity index (χ3n) is 3.30. The van der Waals surface area contributed by atoms with Crippen molar-refractivity contribution in [1.82, 2.24) is 5.32 Å². The molecule has 1 aliphatic heterocycles. The molecule has 6 heteroatoms. The van der Waals surface area contributed by atoms with Crippen molar-refractivity contribution in [3.05, 3.63) is 11.1 Å². The quantitative estimate of drug-likeness (QED) is 0.515. The van der Waals surface area contributed by atoms with E-state index >= 15 is 0 Å². The van der Waals surface area contributed by atoms with Crippen molar-refractivity contribution in [3.8, 4) is 0 Å². The van der Waals surface area contributed by atoms with Gasteiger partial charge in [0.05, 0.1) is 12.7 Å². The van der Waals surface area contributed by atoms with Crippen molar-refractivity contribution < 1.29 is 24.2 Å². The number of aliphatic carboxylic acids is 1. The molecule has 0 aliphatic carbocycles. The molecule has 0 spiro atoms. The number of hydrogen-bond acceptors (Lipinski definition) is 4. The Labute approximate surface area is 119 Å². The molecule has 2 N–H and O–H groups in total. The number of carboxylic acid groups (broad SMARTS) is 1. The van der Waals surface area contributed by atoms with Gasteiger partial charge in [-0.05, 0) is 33.1 Å². The third kappa shape index (κ3) is 5.71. The molecule has 1 aliphatic rings. The van der Waals surface area contributed by atoms with Crippen molar-refractivity contribution in [1.29, 1.82) is 0 Å². The summed E-state index contributed by atoms with van der Waals surface area (Å²) in [6, 6.07) is 0. The maximum absolute atomic E-state index is 11.6. The molecule has 20 heavy (non-hydrogen) atoms. The molecule has 1 saturated heterocycles. The predicted molar refractivity (Wildman–Crippen MR) is 73.4 cm³/mol. The van der Waals surface area contributed by atoms with E-state index in [1.165, 1.54) is 13.8 Å². The van der Waals surface area contributed by atoms with Gasteiger partial charge in [-0.25, -0.2) is 4.79 Å². The van der Waals surface area contributed by atoms with Gasteiger partial charge in [0.1, 0.15) is 0 Å². The summed E-state index contributed by atoms with van der Waals surface area (Å²) in [4.78, 5) is 22.4. The van der Waals surface area contributed by atoms with Crippen molar-refractivity contribution >= 4 is 11.9 Å². The highest BCUT2D eigenvalue weighted by molar-refractivity contribution is 6.01. The van der Waals surface area contributed by atoms with E-state index in [4.69, 9.17) is 14.6 Å². The molecule has 0 aromatic carbocycles. The second-order valence-electron chi connectivity index (χ2n) is 4.87. The van der Waals surface area contributed by atoms with E-state index < -0.39 is 5.97 Å². The van der Waals surface area contributed by atoms with Gasteiger partial charge in [0.2, 0.25) is 5.91 Å². The van der Waals surface area contributed by atoms with Crippen LogP contribution in [0.1, 0.15) is 33.1 Å². The number of nitrogens with one attached hydrogen (secondary N) is 1. The molecule has 1 fully saturated rings. The molecule has 1 unspecified atom stereocenters. The fourth-order valence-electron chi connectivity index (χ4n) is 1.83. The van der Waals surface area contributed by atoms with Crippen molar-refractivity contribution in [2.75, 3.05) is 26.4 Å². The molecule has 0 aromatic heterocycles. The Morgan fingerprint density at radius 3 is 2.70 bits per heavy atom. The Hall–Kier alpha value is -1.40. The number of carbonyl (C=O) groups is 2. The Morgan fingerprint density at radius 2 is 2.10 bits per heavy atom. The number of amides is 1. The normalized spacial score (nSPS) is 19.6. The first-order valence-corrected chi connectivity index (χ1v) is 6.90. The van der Waals surface area contributed by atoms with E-state index in [1.54, 1.807) is 0 Å². The van der Waals surface area contributed by atoms with E-state index in [2.05, 4.69) is 5.32 Å². The summed E-state index contributed by atoms with van der Waals surface area (Å²) in [7, 11) is 0. The molecular formula is C14H23NO5. The maximum Gasteiger partial charge on any atom is 0.331 e. The largest absolute Gasteiger partial charge is 0.478 e. The zero-order valence-corrected chi connectivity index (χ0v) is 12.1. The van der Waals surface area contributed by atoms with Gasteiger partial charge in [0.15, 0.2) is 0 Å². The molecule has 1 rings (SSSR count). The van der Waals surface area contributed by atoms with Gasteiger partial charge >= 0.3 is 5.97 Å². The SMILES string of the molecule is CC(C(=O)O)=C(C)C(=O)NCCCOCC1CCCO1. The first-order valence-electron chi connectivity index (χ1n) is 6.90. The molecule has 1 amide bonds.